The van der Waals surface area contributed by atoms with Gasteiger partial charge in [-0.2, -0.15) is 4.98 Å². The summed E-state index contributed by atoms with van der Waals surface area (Å²) in [4.78, 5) is 4.65. The van der Waals surface area contributed by atoms with Crippen molar-refractivity contribution in [2.75, 3.05) is 11.6 Å². The van der Waals surface area contributed by atoms with Crippen LogP contribution in [-0.2, 0) is 0 Å². The number of halogens is 1. The molecule has 2 atom stereocenters. The van der Waals surface area contributed by atoms with Crippen LogP contribution in [0.1, 0.15) is 34.4 Å². The molecule has 0 fully saturated rings. The Morgan fingerprint density at radius 2 is 1.76 bits per heavy atom. The predicted molar refractivity (Wildman–Crippen MR) is 128 cm³/mol. The molecule has 5 nitrogen and oxygen atoms in total. The van der Waals surface area contributed by atoms with Crippen molar-refractivity contribution in [1.29, 1.82) is 0 Å². The number of para-hydroxylation sites is 1. The molecular weight excluding hydrogens is 435 g/mol. The Bertz CT molecular complexity index is 1400. The molecule has 33 heavy (non-hydrogen) atoms. The van der Waals surface area contributed by atoms with Gasteiger partial charge in [0, 0.05) is 16.7 Å². The van der Waals surface area contributed by atoms with E-state index in [0.717, 1.165) is 28.1 Å². The molecule has 0 saturated carbocycles. The van der Waals surface area contributed by atoms with E-state index >= 15 is 4.39 Å². The molecule has 0 bridgehead atoms. The second-order valence-electron chi connectivity index (χ2n) is 8.15. The Morgan fingerprint density at radius 1 is 1.00 bits per heavy atom. The Labute approximate surface area is 195 Å². The number of rotatable bonds is 3. The number of nitrogens with zero attached hydrogens (tertiary/aromatic N) is 3. The van der Waals surface area contributed by atoms with Gasteiger partial charge in [-0.15, -0.1) is 5.10 Å². The number of benzene rings is 3. The first-order valence-electron chi connectivity index (χ1n) is 10.7. The maximum atomic E-state index is 15.2. The molecule has 1 N–H and O–H groups in total. The number of anilines is 1. The number of aryl methyl sites for hydroxylation is 1. The van der Waals surface area contributed by atoms with Gasteiger partial charge in [0.25, 0.3) is 0 Å². The van der Waals surface area contributed by atoms with Gasteiger partial charge >= 0.3 is 0 Å². The SMILES string of the molecule is CSc1nc2n(n1)C(c1ccccc1F)C1=C(N2)c2ccccc2OC1c1ccc(C)cc1. The summed E-state index contributed by atoms with van der Waals surface area (Å²) >= 11 is 1.45. The minimum absolute atomic E-state index is 0.287. The third-order valence-corrected chi connectivity index (χ3v) is 6.66. The Hall–Kier alpha value is -3.58. The molecule has 0 aliphatic carbocycles. The van der Waals surface area contributed by atoms with Crippen molar-refractivity contribution in [3.05, 3.63) is 106 Å². The molecule has 2 aliphatic heterocycles. The minimum atomic E-state index is -0.509. The van der Waals surface area contributed by atoms with Crippen LogP contribution in [0.15, 0.2) is 83.5 Å². The molecule has 3 heterocycles. The van der Waals surface area contributed by atoms with Crippen LogP contribution in [0.4, 0.5) is 10.3 Å². The van der Waals surface area contributed by atoms with Crippen LogP contribution in [0.3, 0.4) is 0 Å². The molecular formula is C26H21FN4OS. The third-order valence-electron chi connectivity index (χ3n) is 6.12. The molecule has 1 aromatic heterocycles. The fourth-order valence-corrected chi connectivity index (χ4v) is 4.90. The highest BCUT2D eigenvalue weighted by molar-refractivity contribution is 7.98. The van der Waals surface area contributed by atoms with Crippen LogP contribution in [-0.4, -0.2) is 21.0 Å². The van der Waals surface area contributed by atoms with Gasteiger partial charge in [0.2, 0.25) is 11.1 Å². The number of ether oxygens (including phenoxy) is 1. The van der Waals surface area contributed by atoms with E-state index in [1.165, 1.54) is 23.4 Å². The summed E-state index contributed by atoms with van der Waals surface area (Å²) in [5.74, 6) is 1.08. The van der Waals surface area contributed by atoms with E-state index < -0.39 is 12.1 Å². The minimum Gasteiger partial charge on any atom is -0.480 e. The van der Waals surface area contributed by atoms with Gasteiger partial charge in [0.05, 0.1) is 5.70 Å². The average molecular weight is 457 g/mol. The first-order valence-corrected chi connectivity index (χ1v) is 11.9. The summed E-state index contributed by atoms with van der Waals surface area (Å²) in [5.41, 5.74) is 5.43. The van der Waals surface area contributed by atoms with E-state index in [2.05, 4.69) is 41.5 Å². The molecule has 0 amide bonds. The molecule has 0 spiro atoms. The highest BCUT2D eigenvalue weighted by Crippen LogP contribution is 2.51. The zero-order valence-electron chi connectivity index (χ0n) is 18.1. The quantitative estimate of drug-likeness (QED) is 0.383. The molecule has 0 saturated heterocycles. The highest BCUT2D eigenvalue weighted by Gasteiger charge is 2.42. The second-order valence-corrected chi connectivity index (χ2v) is 8.92. The lowest BCUT2D eigenvalue weighted by Crippen LogP contribution is -2.32. The van der Waals surface area contributed by atoms with Gasteiger partial charge in [-0.3, -0.25) is 0 Å². The fourth-order valence-electron chi connectivity index (χ4n) is 4.56. The first-order chi connectivity index (χ1) is 16.1. The van der Waals surface area contributed by atoms with Crippen LogP contribution in [0.5, 0.6) is 5.75 Å². The summed E-state index contributed by atoms with van der Waals surface area (Å²) in [6.07, 6.45) is 1.52. The molecule has 2 unspecified atom stereocenters. The van der Waals surface area contributed by atoms with Gasteiger partial charge < -0.3 is 10.1 Å². The van der Waals surface area contributed by atoms with Gasteiger partial charge in [-0.25, -0.2) is 9.07 Å². The van der Waals surface area contributed by atoms with E-state index in [1.807, 2.05) is 42.7 Å². The molecule has 4 aromatic rings. The summed E-state index contributed by atoms with van der Waals surface area (Å²) in [7, 11) is 0. The van der Waals surface area contributed by atoms with Gasteiger partial charge in [-0.05, 0) is 36.9 Å². The van der Waals surface area contributed by atoms with Crippen LogP contribution in [0.2, 0.25) is 0 Å². The molecule has 7 heteroatoms. The number of hydrogen-bond acceptors (Lipinski definition) is 5. The third kappa shape index (κ3) is 3.23. The van der Waals surface area contributed by atoms with Crippen LogP contribution in [0.25, 0.3) is 5.70 Å². The summed E-state index contributed by atoms with van der Waals surface area (Å²) in [6, 6.07) is 22.5. The van der Waals surface area contributed by atoms with E-state index in [0.29, 0.717) is 16.7 Å². The molecule has 0 radical (unpaired) electrons. The zero-order valence-corrected chi connectivity index (χ0v) is 18.9. The van der Waals surface area contributed by atoms with Crippen molar-refractivity contribution in [2.45, 2.75) is 24.2 Å². The van der Waals surface area contributed by atoms with Crippen molar-refractivity contribution in [2.24, 2.45) is 0 Å². The van der Waals surface area contributed by atoms with Crippen molar-refractivity contribution >= 4 is 23.4 Å². The van der Waals surface area contributed by atoms with Crippen LogP contribution < -0.4 is 10.1 Å². The Kier molecular flexibility index (Phi) is 4.73. The number of hydrogen-bond donors (Lipinski definition) is 1. The lowest BCUT2D eigenvalue weighted by atomic mass is 9.84. The fraction of sp³-hybridized carbons (Fsp3) is 0.154. The van der Waals surface area contributed by atoms with E-state index in [-0.39, 0.29) is 5.82 Å². The number of thioether (sulfide) groups is 1. The molecule has 2 aliphatic rings. The van der Waals surface area contributed by atoms with E-state index in [4.69, 9.17) is 9.84 Å². The maximum Gasteiger partial charge on any atom is 0.227 e. The number of nitrogens with one attached hydrogen (secondary N) is 1. The largest absolute Gasteiger partial charge is 0.480 e. The highest BCUT2D eigenvalue weighted by atomic mass is 32.2. The lowest BCUT2D eigenvalue weighted by Gasteiger charge is -2.39. The summed E-state index contributed by atoms with van der Waals surface area (Å²) in [5, 5.41) is 8.83. The van der Waals surface area contributed by atoms with Crippen molar-refractivity contribution in [3.8, 4) is 5.75 Å². The molecule has 3 aromatic carbocycles. The topological polar surface area (TPSA) is 52.0 Å². The maximum absolute atomic E-state index is 15.2. The molecule has 164 valence electrons. The van der Waals surface area contributed by atoms with E-state index in [9.17, 15) is 0 Å². The molecule has 6 rings (SSSR count). The Morgan fingerprint density at radius 3 is 2.55 bits per heavy atom. The van der Waals surface area contributed by atoms with Crippen molar-refractivity contribution < 1.29 is 9.13 Å². The monoisotopic (exact) mass is 456 g/mol. The second kappa shape index (κ2) is 7.78. The number of fused-ring (bicyclic) bond motifs is 3. The normalized spacial score (nSPS) is 18.6. The van der Waals surface area contributed by atoms with Crippen LogP contribution >= 0.6 is 11.8 Å². The van der Waals surface area contributed by atoms with Gasteiger partial charge in [-0.1, -0.05) is 71.9 Å². The van der Waals surface area contributed by atoms with Gasteiger partial charge in [0.1, 0.15) is 23.7 Å². The average Bonchev–Trinajstić information content (AvgIpc) is 3.26. The lowest BCUT2D eigenvalue weighted by molar-refractivity contribution is 0.222. The van der Waals surface area contributed by atoms with Crippen molar-refractivity contribution in [3.63, 3.8) is 0 Å². The number of aromatic nitrogens is 3. The summed E-state index contributed by atoms with van der Waals surface area (Å²) in [6.45, 7) is 2.06. The predicted octanol–water partition coefficient (Wildman–Crippen LogP) is 6.01. The zero-order chi connectivity index (χ0) is 22.5. The van der Waals surface area contributed by atoms with E-state index in [1.54, 1.807) is 10.7 Å². The Balaban J connectivity index is 1.65. The standard InChI is InChI=1S/C26H21FN4OS/c1-15-11-13-16(14-12-15)24-21-22(18-8-4-6-10-20(18)32-24)28-25-29-26(33-2)30-31(25)23(21)17-7-3-5-9-19(17)27/h3-14,23-24H,1-2H3,(H,28,29,30). The van der Waals surface area contributed by atoms with Crippen molar-refractivity contribution in [1.82, 2.24) is 14.8 Å². The van der Waals surface area contributed by atoms with Gasteiger partial charge in [0.15, 0.2) is 0 Å². The summed E-state index contributed by atoms with van der Waals surface area (Å²) < 4.78 is 23.6. The first kappa shape index (κ1) is 20.1. The smallest absolute Gasteiger partial charge is 0.227 e. The van der Waals surface area contributed by atoms with Crippen LogP contribution in [0, 0.1) is 12.7 Å².